The van der Waals surface area contributed by atoms with Gasteiger partial charge in [-0.2, -0.15) is 15.6 Å². The van der Waals surface area contributed by atoms with Crippen LogP contribution >= 0.6 is 19.6 Å². The molecule has 1 saturated heterocycles. The Labute approximate surface area is 348 Å². The Balaban J connectivity index is 1.42. The molecule has 13 nitrogen and oxygen atoms in total. The molecule has 0 amide bonds. The second kappa shape index (κ2) is 21.6. The molecule has 2 heterocycles. The molecule has 0 spiro atoms. The van der Waals surface area contributed by atoms with Crippen molar-refractivity contribution in [2.75, 3.05) is 26.4 Å². The van der Waals surface area contributed by atoms with Crippen LogP contribution < -0.4 is 0 Å². The van der Waals surface area contributed by atoms with Crippen LogP contribution in [0.2, 0.25) is 0 Å². The van der Waals surface area contributed by atoms with E-state index in [4.69, 9.17) is 33.0 Å². The van der Waals surface area contributed by atoms with E-state index in [0.29, 0.717) is 6.07 Å². The first-order valence-electron chi connectivity index (χ1n) is 18.2. The normalized spacial score (nSPS) is 17.1. The molecule has 18 heteroatoms. The maximum absolute atomic E-state index is 16.1. The van der Waals surface area contributed by atoms with Crippen molar-refractivity contribution in [2.45, 2.75) is 42.5 Å². The van der Waals surface area contributed by atoms with Gasteiger partial charge in [-0.05, 0) is 55.0 Å². The van der Waals surface area contributed by atoms with Crippen molar-refractivity contribution in [3.05, 3.63) is 162 Å². The number of thioether (sulfide) groups is 1. The third kappa shape index (κ3) is 12.0. The lowest BCUT2D eigenvalue weighted by molar-refractivity contribution is -0.146. The van der Waals surface area contributed by atoms with Gasteiger partial charge in [-0.3, -0.25) is 13.6 Å². The molecule has 5 rings (SSSR count). The number of rotatable bonds is 20. The lowest BCUT2D eigenvalue weighted by atomic mass is 9.89. The standard InChI is InChI=1S/C42H39F3N5O8PS/c1-4-16-55-59(52,56-17-5-2)57-23-33-13-11-30(21-46)18-36(33)41(51)58-42(26-50-28-48-27-49-50,37-15-14-34(43)20-39(37)45)29(3)60-35-24-53-40(54-25-35)9-7-6-8-32-12-10-31(22-47)19-38(32)44/h4-15,18-20,27-29,35,40H,1-2,16-17,23-26H2,3H3/b8-6+,9-7+/t29-,35?,40?,42-/m1/s1. The van der Waals surface area contributed by atoms with E-state index < -0.39 is 60.2 Å². The Kier molecular flexibility index (Phi) is 16.4. The Morgan fingerprint density at radius 1 is 1.00 bits per heavy atom. The Bertz CT molecular complexity index is 2330. The molecule has 0 radical (unpaired) electrons. The van der Waals surface area contributed by atoms with Gasteiger partial charge in [0.05, 0.1) is 73.7 Å². The number of hydrogen-bond acceptors (Lipinski definition) is 13. The van der Waals surface area contributed by atoms with Crippen molar-refractivity contribution in [1.82, 2.24) is 14.8 Å². The molecule has 0 unspecified atom stereocenters. The molecule has 0 N–H and O–H groups in total. The molecule has 1 aliphatic heterocycles. The fraction of sp³-hybridized carbons (Fsp3) is 0.262. The number of phosphoric ester groups is 1. The quantitative estimate of drug-likeness (QED) is 0.0360. The summed E-state index contributed by atoms with van der Waals surface area (Å²) in [4.78, 5) is 18.5. The number of esters is 1. The van der Waals surface area contributed by atoms with E-state index in [-0.39, 0.29) is 66.4 Å². The summed E-state index contributed by atoms with van der Waals surface area (Å²) in [5.41, 5.74) is -1.64. The minimum atomic E-state index is -4.21. The van der Waals surface area contributed by atoms with Crippen LogP contribution in [0.5, 0.6) is 0 Å². The van der Waals surface area contributed by atoms with E-state index in [1.54, 1.807) is 25.2 Å². The van der Waals surface area contributed by atoms with E-state index in [1.807, 2.05) is 12.1 Å². The van der Waals surface area contributed by atoms with E-state index in [1.165, 1.54) is 83.7 Å². The predicted molar refractivity (Wildman–Crippen MR) is 215 cm³/mol. The summed E-state index contributed by atoms with van der Waals surface area (Å²) < 4.78 is 93.8. The number of phosphoric acid groups is 1. The molecule has 4 aromatic rings. The van der Waals surface area contributed by atoms with Gasteiger partial charge >= 0.3 is 13.8 Å². The summed E-state index contributed by atoms with van der Waals surface area (Å²) in [6.45, 7) is 7.86. The lowest BCUT2D eigenvalue weighted by Crippen LogP contribution is -2.47. The van der Waals surface area contributed by atoms with Gasteiger partial charge in [0.1, 0.15) is 30.1 Å². The number of hydrogen-bond donors (Lipinski definition) is 0. The number of carbonyl (C=O) groups excluding carboxylic acids is 1. The van der Waals surface area contributed by atoms with Crippen molar-refractivity contribution in [3.8, 4) is 12.1 Å². The Hall–Kier alpha value is -5.62. The van der Waals surface area contributed by atoms with Crippen LogP contribution in [0.3, 0.4) is 0 Å². The molecule has 0 bridgehead atoms. The zero-order valence-electron chi connectivity index (χ0n) is 32.2. The highest BCUT2D eigenvalue weighted by molar-refractivity contribution is 8.00. The first-order valence-corrected chi connectivity index (χ1v) is 20.6. The van der Waals surface area contributed by atoms with Gasteiger partial charge in [0.25, 0.3) is 0 Å². The monoisotopic (exact) mass is 861 g/mol. The average Bonchev–Trinajstić information content (AvgIpc) is 3.76. The fourth-order valence-corrected chi connectivity index (χ4v) is 8.31. The number of ether oxygens (including phenoxy) is 3. The van der Waals surface area contributed by atoms with Crippen LogP contribution in [-0.4, -0.2) is 64.0 Å². The third-order valence-corrected chi connectivity index (χ3v) is 11.6. The Morgan fingerprint density at radius 2 is 1.70 bits per heavy atom. The van der Waals surface area contributed by atoms with Crippen LogP contribution in [0.1, 0.15) is 45.1 Å². The molecule has 0 aliphatic carbocycles. The van der Waals surface area contributed by atoms with Gasteiger partial charge < -0.3 is 14.2 Å². The van der Waals surface area contributed by atoms with Gasteiger partial charge in [0.2, 0.25) is 0 Å². The maximum Gasteiger partial charge on any atom is 0.475 e. The summed E-state index contributed by atoms with van der Waals surface area (Å²) in [6, 6.07) is 14.9. The topological polar surface area (TPSA) is 168 Å². The van der Waals surface area contributed by atoms with Crippen molar-refractivity contribution in [1.29, 1.82) is 10.5 Å². The number of nitriles is 2. The summed E-state index contributed by atoms with van der Waals surface area (Å²) >= 11 is 1.25. The molecule has 0 saturated carbocycles. The van der Waals surface area contributed by atoms with E-state index >= 15 is 4.39 Å². The third-order valence-electron chi connectivity index (χ3n) is 8.79. The minimum Gasteiger partial charge on any atom is -0.447 e. The molecule has 3 aromatic carbocycles. The minimum absolute atomic E-state index is 0.0639. The number of aromatic nitrogens is 3. The second-order valence-electron chi connectivity index (χ2n) is 12.9. The number of allylic oxidation sites excluding steroid dienone is 2. The first kappa shape index (κ1) is 45.5. The Morgan fingerprint density at radius 3 is 2.33 bits per heavy atom. The average molecular weight is 862 g/mol. The highest BCUT2D eigenvalue weighted by Gasteiger charge is 2.47. The van der Waals surface area contributed by atoms with Gasteiger partial charge in [-0.1, -0.05) is 42.5 Å². The lowest BCUT2D eigenvalue weighted by Gasteiger charge is -2.40. The number of nitrogens with zero attached hydrogens (tertiary/aromatic N) is 5. The van der Waals surface area contributed by atoms with E-state index in [2.05, 4.69) is 23.2 Å². The van der Waals surface area contributed by atoms with Gasteiger partial charge in [0, 0.05) is 22.4 Å². The summed E-state index contributed by atoms with van der Waals surface area (Å²) in [7, 11) is -4.21. The number of benzene rings is 3. The van der Waals surface area contributed by atoms with Gasteiger partial charge in [0.15, 0.2) is 11.9 Å². The zero-order chi connectivity index (χ0) is 43.1. The summed E-state index contributed by atoms with van der Waals surface area (Å²) in [5, 5.41) is 21.7. The van der Waals surface area contributed by atoms with E-state index in [0.717, 1.165) is 12.1 Å². The fourth-order valence-electron chi connectivity index (χ4n) is 5.86. The van der Waals surface area contributed by atoms with Crippen LogP contribution in [0.4, 0.5) is 13.2 Å². The number of halogens is 3. The van der Waals surface area contributed by atoms with Crippen LogP contribution in [0.15, 0.2) is 111 Å². The molecule has 2 atom stereocenters. The first-order chi connectivity index (χ1) is 28.9. The summed E-state index contributed by atoms with van der Waals surface area (Å²) in [5.74, 6) is -3.46. The van der Waals surface area contributed by atoms with Crippen molar-refractivity contribution < 1.29 is 50.3 Å². The van der Waals surface area contributed by atoms with Crippen molar-refractivity contribution >= 4 is 31.6 Å². The van der Waals surface area contributed by atoms with Crippen molar-refractivity contribution in [2.24, 2.45) is 0 Å². The predicted octanol–water partition coefficient (Wildman–Crippen LogP) is 8.35. The molecular formula is C42H39F3N5O8PS. The SMILES string of the molecule is C=CCOP(=O)(OCC=C)OCc1ccc(C#N)cc1C(=O)O[C@@](Cn1cncn1)(c1ccc(F)cc1F)[C@@H](C)SC1COC(/C=C/C=C/c2ccc(C#N)cc2F)OC1. The largest absolute Gasteiger partial charge is 0.475 e. The van der Waals surface area contributed by atoms with Crippen LogP contribution in [-0.2, 0) is 51.1 Å². The van der Waals surface area contributed by atoms with Crippen molar-refractivity contribution in [3.63, 3.8) is 0 Å². The maximum atomic E-state index is 16.1. The van der Waals surface area contributed by atoms with Crippen LogP contribution in [0, 0.1) is 40.1 Å². The molecule has 312 valence electrons. The zero-order valence-corrected chi connectivity index (χ0v) is 33.9. The molecule has 1 aromatic heterocycles. The molecule has 1 aliphatic rings. The molecular weight excluding hydrogens is 823 g/mol. The summed E-state index contributed by atoms with van der Waals surface area (Å²) in [6.07, 6.45) is 10.9. The molecule has 1 fully saturated rings. The number of carbonyl (C=O) groups is 1. The van der Waals surface area contributed by atoms with E-state index in [9.17, 15) is 23.4 Å². The molecule has 60 heavy (non-hydrogen) atoms. The highest BCUT2D eigenvalue weighted by atomic mass is 32.2. The van der Waals surface area contributed by atoms with Gasteiger partial charge in [-0.15, -0.1) is 24.9 Å². The van der Waals surface area contributed by atoms with Gasteiger partial charge in [-0.25, -0.2) is 32.2 Å². The second-order valence-corrected chi connectivity index (χ2v) is 16.2. The smallest absolute Gasteiger partial charge is 0.447 e. The highest BCUT2D eigenvalue weighted by Crippen LogP contribution is 2.50. The van der Waals surface area contributed by atoms with Crippen LogP contribution in [0.25, 0.3) is 6.08 Å².